The Hall–Kier alpha value is -1.52. The van der Waals surface area contributed by atoms with Gasteiger partial charge in [-0.05, 0) is 18.4 Å². The van der Waals surface area contributed by atoms with Gasteiger partial charge in [-0.3, -0.25) is 13.8 Å². The van der Waals surface area contributed by atoms with Crippen molar-refractivity contribution >= 4 is 16.1 Å². The van der Waals surface area contributed by atoms with Crippen molar-refractivity contribution < 1.29 is 31.7 Å². The van der Waals surface area contributed by atoms with Gasteiger partial charge in [0, 0.05) is 19.6 Å². The van der Waals surface area contributed by atoms with Crippen molar-refractivity contribution in [2.75, 3.05) is 26.5 Å². The van der Waals surface area contributed by atoms with E-state index < -0.39 is 34.2 Å². The molecule has 2 aliphatic rings. The Bertz CT molecular complexity index is 755. The third kappa shape index (κ3) is 5.30. The van der Waals surface area contributed by atoms with Gasteiger partial charge in [0.05, 0.1) is 26.0 Å². The average Bonchev–Trinajstić information content (AvgIpc) is 3.24. The molecule has 0 aliphatic carbocycles. The zero-order valence-electron chi connectivity index (χ0n) is 16.2. The van der Waals surface area contributed by atoms with E-state index in [-0.39, 0.29) is 19.1 Å². The Morgan fingerprint density at radius 2 is 2.07 bits per heavy atom. The lowest BCUT2D eigenvalue weighted by atomic mass is 9.89. The number of carbonyl (C=O) groups excluding carboxylic acids is 1. The van der Waals surface area contributed by atoms with Crippen LogP contribution in [0.25, 0.3) is 0 Å². The first-order chi connectivity index (χ1) is 13.4. The van der Waals surface area contributed by atoms with Crippen molar-refractivity contribution in [3.8, 4) is 0 Å². The molecule has 0 N–H and O–H groups in total. The minimum absolute atomic E-state index is 0.117. The smallest absolute Gasteiger partial charge is 0.313 e. The fourth-order valence-corrected chi connectivity index (χ4v) is 4.53. The molecule has 0 saturated carbocycles. The van der Waals surface area contributed by atoms with Gasteiger partial charge in [-0.15, -0.1) is 0 Å². The van der Waals surface area contributed by atoms with Crippen LogP contribution in [0, 0.1) is 5.92 Å². The predicted molar refractivity (Wildman–Crippen MR) is 101 cm³/mol. The van der Waals surface area contributed by atoms with Gasteiger partial charge in [0.15, 0.2) is 0 Å². The first kappa shape index (κ1) is 21.2. The molecule has 1 aromatic carbocycles. The van der Waals surface area contributed by atoms with Crippen molar-refractivity contribution in [3.05, 3.63) is 35.9 Å². The van der Waals surface area contributed by atoms with Crippen LogP contribution >= 0.6 is 0 Å². The van der Waals surface area contributed by atoms with Gasteiger partial charge >= 0.3 is 5.97 Å². The third-order valence-electron chi connectivity index (χ3n) is 5.07. The fraction of sp³-hybridized carbons (Fsp3) is 0.632. The average molecular weight is 413 g/mol. The minimum Gasteiger partial charge on any atom is -0.469 e. The summed E-state index contributed by atoms with van der Waals surface area (Å²) >= 11 is 0. The molecule has 2 fully saturated rings. The van der Waals surface area contributed by atoms with Gasteiger partial charge in [0.1, 0.15) is 18.1 Å². The maximum absolute atomic E-state index is 12.4. The number of esters is 1. The molecule has 1 aromatic rings. The van der Waals surface area contributed by atoms with Crippen molar-refractivity contribution in [2.45, 2.75) is 44.1 Å². The van der Waals surface area contributed by atoms with Gasteiger partial charge in [0.2, 0.25) is 0 Å². The molecule has 2 heterocycles. The lowest BCUT2D eigenvalue weighted by Gasteiger charge is -2.26. The molecule has 0 radical (unpaired) electrons. The van der Waals surface area contributed by atoms with Gasteiger partial charge in [0.25, 0.3) is 10.1 Å². The van der Waals surface area contributed by atoms with Gasteiger partial charge < -0.3 is 9.47 Å². The van der Waals surface area contributed by atoms with E-state index in [0.29, 0.717) is 13.2 Å². The first-order valence-corrected chi connectivity index (χ1v) is 11.2. The van der Waals surface area contributed by atoms with Crippen LogP contribution in [0.4, 0.5) is 0 Å². The summed E-state index contributed by atoms with van der Waals surface area (Å²) in [7, 11) is -2.41. The number of methoxy groups -OCH3 is 1. The van der Waals surface area contributed by atoms with Gasteiger partial charge in [-0.2, -0.15) is 13.5 Å². The number of fused-ring (bicyclic) bond motifs is 1. The monoisotopic (exact) mass is 413 g/mol. The number of carbonyl (C=O) groups is 1. The maximum Gasteiger partial charge on any atom is 0.313 e. The molecule has 0 aromatic heterocycles. The van der Waals surface area contributed by atoms with E-state index in [2.05, 4.69) is 0 Å². The highest BCUT2D eigenvalue weighted by Gasteiger charge is 2.53. The summed E-state index contributed by atoms with van der Waals surface area (Å²) in [5, 5.41) is 1.76. The van der Waals surface area contributed by atoms with Crippen LogP contribution in [0.15, 0.2) is 30.3 Å². The van der Waals surface area contributed by atoms with Crippen molar-refractivity contribution in [1.29, 1.82) is 0 Å². The van der Waals surface area contributed by atoms with E-state index in [9.17, 15) is 13.2 Å². The lowest BCUT2D eigenvalue weighted by Crippen LogP contribution is -2.42. The molecule has 0 bridgehead atoms. The Kier molecular flexibility index (Phi) is 7.05. The largest absolute Gasteiger partial charge is 0.469 e. The molecule has 28 heavy (non-hydrogen) atoms. The molecule has 0 spiro atoms. The molecular formula is C19H27NO7S. The van der Waals surface area contributed by atoms with Crippen molar-refractivity contribution in [3.63, 3.8) is 0 Å². The Labute approximate surface area is 165 Å². The van der Waals surface area contributed by atoms with Crippen LogP contribution in [-0.2, 0) is 40.0 Å². The van der Waals surface area contributed by atoms with E-state index in [0.717, 1.165) is 24.7 Å². The summed E-state index contributed by atoms with van der Waals surface area (Å²) in [6, 6.07) is 9.56. The zero-order chi connectivity index (χ0) is 20.1. The number of hydrogen-bond donors (Lipinski definition) is 0. The van der Waals surface area contributed by atoms with E-state index in [1.807, 2.05) is 30.3 Å². The van der Waals surface area contributed by atoms with E-state index in [1.165, 1.54) is 7.11 Å². The Morgan fingerprint density at radius 3 is 2.75 bits per heavy atom. The summed E-state index contributed by atoms with van der Waals surface area (Å²) in [6.45, 7) is 1.38. The molecule has 4 atom stereocenters. The van der Waals surface area contributed by atoms with E-state index >= 15 is 0 Å². The van der Waals surface area contributed by atoms with E-state index in [1.54, 1.807) is 5.06 Å². The highest BCUT2D eigenvalue weighted by atomic mass is 32.2. The molecule has 156 valence electrons. The number of rotatable bonds is 9. The molecule has 0 unspecified atom stereocenters. The van der Waals surface area contributed by atoms with Crippen LogP contribution in [0.2, 0.25) is 0 Å². The lowest BCUT2D eigenvalue weighted by molar-refractivity contribution is -0.176. The summed E-state index contributed by atoms with van der Waals surface area (Å²) < 4.78 is 39.5. The SMILES string of the molecule is COC(=O)[C@@H]1[C@@H]([C@H](CCOCc2ccccc2)OS(C)(=O)=O)ON2CCC[C@H]12. The van der Waals surface area contributed by atoms with Gasteiger partial charge in [-0.25, -0.2) is 0 Å². The number of ether oxygens (including phenoxy) is 2. The van der Waals surface area contributed by atoms with Crippen molar-refractivity contribution in [2.24, 2.45) is 5.92 Å². The topological polar surface area (TPSA) is 91.4 Å². The Balaban J connectivity index is 1.67. The van der Waals surface area contributed by atoms with Gasteiger partial charge in [-0.1, -0.05) is 30.3 Å². The number of hydroxylamine groups is 2. The molecule has 0 amide bonds. The van der Waals surface area contributed by atoms with Crippen LogP contribution in [0.5, 0.6) is 0 Å². The number of nitrogens with zero attached hydrogens (tertiary/aromatic N) is 1. The first-order valence-electron chi connectivity index (χ1n) is 9.40. The number of benzene rings is 1. The minimum atomic E-state index is -3.74. The molecule has 2 saturated heterocycles. The highest BCUT2D eigenvalue weighted by molar-refractivity contribution is 7.86. The molecule has 3 rings (SSSR count). The predicted octanol–water partition coefficient (Wildman–Crippen LogP) is 1.51. The standard InChI is InChI=1S/C19H27NO7S/c1-24-19(21)17-15-9-6-11-20(15)26-18(17)16(27-28(2,22)23)10-12-25-13-14-7-4-3-5-8-14/h3-5,7-8,15-18H,6,9-13H2,1-2H3/t15-,16+,17+,18-/m1/s1. The third-order valence-corrected chi connectivity index (χ3v) is 5.67. The zero-order valence-corrected chi connectivity index (χ0v) is 17.0. The molecule has 9 heteroatoms. The molecular weight excluding hydrogens is 386 g/mol. The highest BCUT2D eigenvalue weighted by Crippen LogP contribution is 2.38. The normalized spacial score (nSPS) is 26.1. The quantitative estimate of drug-likeness (QED) is 0.342. The summed E-state index contributed by atoms with van der Waals surface area (Å²) in [4.78, 5) is 18.3. The summed E-state index contributed by atoms with van der Waals surface area (Å²) in [6.07, 6.45) is 1.43. The second kappa shape index (κ2) is 9.32. The van der Waals surface area contributed by atoms with E-state index in [4.69, 9.17) is 18.5 Å². The van der Waals surface area contributed by atoms with Crippen LogP contribution in [-0.4, -0.2) is 64.2 Å². The fourth-order valence-electron chi connectivity index (χ4n) is 3.88. The van der Waals surface area contributed by atoms with Crippen molar-refractivity contribution in [1.82, 2.24) is 5.06 Å². The van der Waals surface area contributed by atoms with Crippen LogP contribution in [0.1, 0.15) is 24.8 Å². The Morgan fingerprint density at radius 1 is 1.32 bits per heavy atom. The van der Waals surface area contributed by atoms with Crippen LogP contribution in [0.3, 0.4) is 0 Å². The second-order valence-corrected chi connectivity index (χ2v) is 8.74. The molecule has 2 aliphatic heterocycles. The summed E-state index contributed by atoms with van der Waals surface area (Å²) in [5.74, 6) is -1.000. The molecule has 8 nitrogen and oxygen atoms in total. The second-order valence-electron chi connectivity index (χ2n) is 7.13. The summed E-state index contributed by atoms with van der Waals surface area (Å²) in [5.41, 5.74) is 1.02. The van der Waals surface area contributed by atoms with Crippen LogP contribution < -0.4 is 0 Å². The maximum atomic E-state index is 12.4. The number of hydrogen-bond acceptors (Lipinski definition) is 8.